The number of aromatic nitrogens is 5. The highest BCUT2D eigenvalue weighted by molar-refractivity contribution is 5.29. The number of rotatable bonds is 6. The van der Waals surface area contributed by atoms with Crippen molar-refractivity contribution in [3.8, 4) is 5.82 Å². The summed E-state index contributed by atoms with van der Waals surface area (Å²) < 4.78 is 1.88. The average molecular weight is 324 g/mol. The summed E-state index contributed by atoms with van der Waals surface area (Å²) in [6.07, 6.45) is 4.60. The Bertz CT molecular complexity index is 789. The molecule has 6 nitrogen and oxygen atoms in total. The normalized spacial score (nSPS) is 13.8. The van der Waals surface area contributed by atoms with Crippen LogP contribution in [0.3, 0.4) is 0 Å². The van der Waals surface area contributed by atoms with Gasteiger partial charge in [-0.1, -0.05) is 6.07 Å². The van der Waals surface area contributed by atoms with E-state index in [-0.39, 0.29) is 6.04 Å². The van der Waals surface area contributed by atoms with Gasteiger partial charge in [0.2, 0.25) is 0 Å². The monoisotopic (exact) mass is 324 g/mol. The third kappa shape index (κ3) is 3.54. The van der Waals surface area contributed by atoms with Crippen LogP contribution in [0.5, 0.6) is 0 Å². The van der Waals surface area contributed by atoms with E-state index in [0.717, 1.165) is 29.3 Å². The predicted octanol–water partition coefficient (Wildman–Crippen LogP) is 2.89. The van der Waals surface area contributed by atoms with Gasteiger partial charge in [-0.2, -0.15) is 10.2 Å². The van der Waals surface area contributed by atoms with Crippen LogP contribution in [0.1, 0.15) is 42.5 Å². The molecule has 0 saturated heterocycles. The quantitative estimate of drug-likeness (QED) is 0.731. The fourth-order valence-electron chi connectivity index (χ4n) is 3.03. The summed E-state index contributed by atoms with van der Waals surface area (Å²) in [6, 6.07) is 8.46. The predicted molar refractivity (Wildman–Crippen MR) is 94.1 cm³/mol. The highest BCUT2D eigenvalue weighted by Crippen LogP contribution is 2.20. The molecule has 2 N–H and O–H groups in total. The lowest BCUT2D eigenvalue weighted by Gasteiger charge is -2.19. The molecule has 3 aromatic rings. The van der Waals surface area contributed by atoms with Gasteiger partial charge in [0.25, 0.3) is 0 Å². The largest absolute Gasteiger partial charge is 0.307 e. The molecule has 3 heterocycles. The molecule has 2 atom stereocenters. The van der Waals surface area contributed by atoms with E-state index in [2.05, 4.69) is 52.4 Å². The van der Waals surface area contributed by atoms with Crippen molar-refractivity contribution in [3.63, 3.8) is 0 Å². The van der Waals surface area contributed by atoms with Crippen LogP contribution in [0, 0.1) is 13.8 Å². The van der Waals surface area contributed by atoms with Crippen molar-refractivity contribution in [1.82, 2.24) is 30.3 Å². The topological polar surface area (TPSA) is 71.4 Å². The number of hydrogen-bond donors (Lipinski definition) is 2. The van der Waals surface area contributed by atoms with Gasteiger partial charge in [0.15, 0.2) is 5.82 Å². The van der Waals surface area contributed by atoms with Gasteiger partial charge in [0.1, 0.15) is 0 Å². The molecule has 3 aromatic heterocycles. The first kappa shape index (κ1) is 16.4. The third-order valence-corrected chi connectivity index (χ3v) is 4.19. The van der Waals surface area contributed by atoms with Gasteiger partial charge < -0.3 is 5.32 Å². The second-order valence-electron chi connectivity index (χ2n) is 6.32. The van der Waals surface area contributed by atoms with Gasteiger partial charge in [0, 0.05) is 41.7 Å². The Hall–Kier alpha value is -2.47. The molecule has 0 aromatic carbocycles. The second kappa shape index (κ2) is 6.97. The van der Waals surface area contributed by atoms with Gasteiger partial charge in [-0.25, -0.2) is 9.67 Å². The smallest absolute Gasteiger partial charge is 0.153 e. The summed E-state index contributed by atoms with van der Waals surface area (Å²) >= 11 is 0. The minimum atomic E-state index is 0.206. The number of nitrogens with one attached hydrogen (secondary N) is 2. The summed E-state index contributed by atoms with van der Waals surface area (Å²) in [4.78, 5) is 4.37. The summed E-state index contributed by atoms with van der Waals surface area (Å²) in [5.41, 5.74) is 4.47. The maximum atomic E-state index is 4.50. The van der Waals surface area contributed by atoms with Gasteiger partial charge >= 0.3 is 0 Å². The fourth-order valence-corrected chi connectivity index (χ4v) is 3.03. The Labute approximate surface area is 142 Å². The Morgan fingerprint density at radius 2 is 2.08 bits per heavy atom. The van der Waals surface area contributed by atoms with Crippen LogP contribution in [0.2, 0.25) is 0 Å². The molecule has 0 spiro atoms. The van der Waals surface area contributed by atoms with Crippen molar-refractivity contribution in [1.29, 1.82) is 0 Å². The van der Waals surface area contributed by atoms with Gasteiger partial charge in [-0.15, -0.1) is 0 Å². The first-order valence-corrected chi connectivity index (χ1v) is 8.27. The summed E-state index contributed by atoms with van der Waals surface area (Å²) in [5.74, 6) is 0.841. The van der Waals surface area contributed by atoms with E-state index in [4.69, 9.17) is 0 Å². The molecule has 6 heteroatoms. The van der Waals surface area contributed by atoms with Crippen LogP contribution in [-0.4, -0.2) is 31.0 Å². The number of pyridine rings is 1. The Morgan fingerprint density at radius 3 is 2.75 bits per heavy atom. The molecule has 0 unspecified atom stereocenters. The molecule has 0 saturated carbocycles. The Morgan fingerprint density at radius 1 is 1.25 bits per heavy atom. The number of aromatic amines is 1. The molecule has 126 valence electrons. The first-order chi connectivity index (χ1) is 11.5. The SMILES string of the molecule is Cc1cc(C[C@H](C)N[C@H](C)c2cnn(-c3ccccn3)c2C)n[nH]1. The number of nitrogens with zero attached hydrogens (tertiary/aromatic N) is 4. The van der Waals surface area contributed by atoms with Crippen LogP contribution in [0.4, 0.5) is 0 Å². The highest BCUT2D eigenvalue weighted by atomic mass is 15.3. The van der Waals surface area contributed by atoms with Crippen molar-refractivity contribution in [2.45, 2.75) is 46.2 Å². The minimum absolute atomic E-state index is 0.206. The fraction of sp³-hybridized carbons (Fsp3) is 0.389. The Kier molecular flexibility index (Phi) is 4.76. The maximum absolute atomic E-state index is 4.50. The highest BCUT2D eigenvalue weighted by Gasteiger charge is 2.17. The van der Waals surface area contributed by atoms with Crippen LogP contribution >= 0.6 is 0 Å². The van der Waals surface area contributed by atoms with Crippen molar-refractivity contribution in [2.24, 2.45) is 0 Å². The van der Waals surface area contributed by atoms with E-state index in [0.29, 0.717) is 6.04 Å². The molecular weight excluding hydrogens is 300 g/mol. The maximum Gasteiger partial charge on any atom is 0.153 e. The van der Waals surface area contributed by atoms with Crippen molar-refractivity contribution in [3.05, 3.63) is 59.3 Å². The molecule has 0 aliphatic heterocycles. The molecule has 3 rings (SSSR count). The van der Waals surface area contributed by atoms with E-state index in [1.807, 2.05) is 36.0 Å². The average Bonchev–Trinajstić information content (AvgIpc) is 3.13. The zero-order valence-electron chi connectivity index (χ0n) is 14.6. The van der Waals surface area contributed by atoms with Crippen LogP contribution in [0.15, 0.2) is 36.7 Å². The molecular formula is C18H24N6. The van der Waals surface area contributed by atoms with E-state index in [1.54, 1.807) is 6.20 Å². The van der Waals surface area contributed by atoms with E-state index >= 15 is 0 Å². The molecule has 0 bridgehead atoms. The van der Waals surface area contributed by atoms with Gasteiger partial charge in [-0.3, -0.25) is 5.10 Å². The lowest BCUT2D eigenvalue weighted by Crippen LogP contribution is -2.31. The molecule has 0 aliphatic rings. The minimum Gasteiger partial charge on any atom is -0.307 e. The summed E-state index contributed by atoms with van der Waals surface area (Å²) in [7, 11) is 0. The zero-order valence-corrected chi connectivity index (χ0v) is 14.6. The number of hydrogen-bond acceptors (Lipinski definition) is 4. The van der Waals surface area contributed by atoms with Crippen molar-refractivity contribution in [2.75, 3.05) is 0 Å². The lowest BCUT2D eigenvalue weighted by atomic mass is 10.1. The number of H-pyrrole nitrogens is 1. The Balaban J connectivity index is 1.69. The van der Waals surface area contributed by atoms with Crippen LogP contribution in [0.25, 0.3) is 5.82 Å². The zero-order chi connectivity index (χ0) is 17.1. The van der Waals surface area contributed by atoms with Crippen molar-refractivity contribution >= 4 is 0 Å². The second-order valence-corrected chi connectivity index (χ2v) is 6.32. The number of aryl methyl sites for hydroxylation is 1. The molecule has 0 fully saturated rings. The van der Waals surface area contributed by atoms with Crippen LogP contribution in [-0.2, 0) is 6.42 Å². The van der Waals surface area contributed by atoms with E-state index in [9.17, 15) is 0 Å². The van der Waals surface area contributed by atoms with Gasteiger partial charge in [-0.05, 0) is 45.9 Å². The van der Waals surface area contributed by atoms with Crippen molar-refractivity contribution < 1.29 is 0 Å². The molecule has 0 aliphatic carbocycles. The first-order valence-electron chi connectivity index (χ1n) is 8.27. The van der Waals surface area contributed by atoms with Gasteiger partial charge in [0.05, 0.1) is 11.9 Å². The standard InChI is InChI=1S/C18H24N6/c1-12(9-16-10-13(2)22-23-16)21-14(3)17-11-20-24(15(17)4)18-7-5-6-8-19-18/h5-8,10-12,14,21H,9H2,1-4H3,(H,22,23)/t12-,14+/m0/s1. The molecule has 24 heavy (non-hydrogen) atoms. The lowest BCUT2D eigenvalue weighted by molar-refractivity contribution is 0.472. The molecule has 0 amide bonds. The van der Waals surface area contributed by atoms with E-state index < -0.39 is 0 Å². The molecule has 0 radical (unpaired) electrons. The third-order valence-electron chi connectivity index (χ3n) is 4.19. The summed E-state index contributed by atoms with van der Waals surface area (Å²) in [5, 5.41) is 15.4. The summed E-state index contributed by atoms with van der Waals surface area (Å²) in [6.45, 7) is 8.45. The van der Waals surface area contributed by atoms with E-state index in [1.165, 1.54) is 5.56 Å². The van der Waals surface area contributed by atoms with Crippen LogP contribution < -0.4 is 5.32 Å².